The van der Waals surface area contributed by atoms with Crippen LogP contribution in [0.3, 0.4) is 0 Å². The minimum Gasteiger partial charge on any atom is -0.348 e. The van der Waals surface area contributed by atoms with Gasteiger partial charge in [-0.1, -0.05) is 50.2 Å². The fourth-order valence-electron chi connectivity index (χ4n) is 2.89. The van der Waals surface area contributed by atoms with Gasteiger partial charge in [0.15, 0.2) is 5.82 Å². The Morgan fingerprint density at radius 3 is 2.46 bits per heavy atom. The first-order valence-electron chi connectivity index (χ1n) is 8.71. The molecule has 134 valence electrons. The van der Waals surface area contributed by atoms with E-state index < -0.39 is 0 Å². The summed E-state index contributed by atoms with van der Waals surface area (Å²) in [5.74, 6) is 2.67. The lowest BCUT2D eigenvalue weighted by Gasteiger charge is -2.16. The topological polar surface area (TPSA) is 80.0 Å². The van der Waals surface area contributed by atoms with Gasteiger partial charge in [-0.25, -0.2) is 4.98 Å². The molecule has 0 unspecified atom stereocenters. The molecule has 0 fully saturated rings. The standard InChI is InChI=1S/C19H22N6O/c1-19(2,3)17-23-16(26-24-17)10-21-18-20-9-8-15(22-18)25-11-13-6-4-5-7-14(13)12-25/h4-9H,10-12H2,1-3H3,(H,20,21,22). The van der Waals surface area contributed by atoms with Crippen LogP contribution in [0.4, 0.5) is 11.8 Å². The summed E-state index contributed by atoms with van der Waals surface area (Å²) in [6.07, 6.45) is 1.77. The number of benzene rings is 1. The Labute approximate surface area is 152 Å². The van der Waals surface area contributed by atoms with Crippen molar-refractivity contribution in [2.24, 2.45) is 0 Å². The van der Waals surface area contributed by atoms with E-state index in [2.05, 4.69) is 75.4 Å². The zero-order valence-corrected chi connectivity index (χ0v) is 15.2. The molecule has 4 rings (SSSR count). The van der Waals surface area contributed by atoms with E-state index >= 15 is 0 Å². The van der Waals surface area contributed by atoms with Crippen molar-refractivity contribution in [2.75, 3.05) is 10.2 Å². The van der Waals surface area contributed by atoms with Crippen LogP contribution in [0.25, 0.3) is 0 Å². The molecule has 3 aromatic rings. The molecular formula is C19H22N6O. The van der Waals surface area contributed by atoms with Crippen molar-refractivity contribution in [1.82, 2.24) is 20.1 Å². The summed E-state index contributed by atoms with van der Waals surface area (Å²) >= 11 is 0. The Morgan fingerprint density at radius 2 is 1.81 bits per heavy atom. The quantitative estimate of drug-likeness (QED) is 0.773. The number of fused-ring (bicyclic) bond motifs is 1. The number of hydrogen-bond donors (Lipinski definition) is 1. The van der Waals surface area contributed by atoms with Crippen molar-refractivity contribution in [2.45, 2.75) is 45.8 Å². The molecule has 0 atom stereocenters. The Kier molecular flexibility index (Phi) is 4.06. The van der Waals surface area contributed by atoms with E-state index in [4.69, 9.17) is 4.52 Å². The maximum atomic E-state index is 5.30. The molecule has 7 nitrogen and oxygen atoms in total. The largest absolute Gasteiger partial charge is 0.348 e. The van der Waals surface area contributed by atoms with Crippen LogP contribution >= 0.6 is 0 Å². The number of nitrogens with one attached hydrogen (secondary N) is 1. The molecule has 2 aromatic heterocycles. The molecule has 0 aliphatic carbocycles. The average Bonchev–Trinajstić information content (AvgIpc) is 3.27. The van der Waals surface area contributed by atoms with Gasteiger partial charge in [-0.05, 0) is 17.2 Å². The van der Waals surface area contributed by atoms with Gasteiger partial charge in [0.1, 0.15) is 5.82 Å². The first-order chi connectivity index (χ1) is 12.5. The Hall–Kier alpha value is -2.96. The molecule has 0 saturated heterocycles. The van der Waals surface area contributed by atoms with Crippen LogP contribution < -0.4 is 10.2 Å². The maximum absolute atomic E-state index is 5.30. The molecule has 0 saturated carbocycles. The highest BCUT2D eigenvalue weighted by Gasteiger charge is 2.21. The lowest BCUT2D eigenvalue weighted by Crippen LogP contribution is -2.17. The third-order valence-corrected chi connectivity index (χ3v) is 4.34. The summed E-state index contributed by atoms with van der Waals surface area (Å²) in [6.45, 7) is 8.28. The van der Waals surface area contributed by atoms with Gasteiger partial charge in [0.05, 0.1) is 6.54 Å². The van der Waals surface area contributed by atoms with E-state index in [0.717, 1.165) is 18.9 Å². The number of aromatic nitrogens is 4. The van der Waals surface area contributed by atoms with E-state index in [9.17, 15) is 0 Å². The van der Waals surface area contributed by atoms with Gasteiger partial charge in [-0.3, -0.25) is 0 Å². The number of hydrogen-bond acceptors (Lipinski definition) is 7. The van der Waals surface area contributed by atoms with Crippen molar-refractivity contribution in [3.05, 3.63) is 59.4 Å². The summed E-state index contributed by atoms with van der Waals surface area (Å²) in [5.41, 5.74) is 2.56. The van der Waals surface area contributed by atoms with E-state index in [1.807, 2.05) is 6.07 Å². The smallest absolute Gasteiger partial charge is 0.246 e. The number of rotatable bonds is 4. The summed E-state index contributed by atoms with van der Waals surface area (Å²) in [6, 6.07) is 10.4. The second-order valence-corrected chi connectivity index (χ2v) is 7.48. The number of anilines is 2. The molecule has 0 amide bonds. The minimum atomic E-state index is -0.136. The second-order valence-electron chi connectivity index (χ2n) is 7.48. The minimum absolute atomic E-state index is 0.136. The van der Waals surface area contributed by atoms with Crippen LogP contribution in [0.2, 0.25) is 0 Å². The molecule has 0 spiro atoms. The Morgan fingerprint density at radius 1 is 1.08 bits per heavy atom. The highest BCUT2D eigenvalue weighted by atomic mass is 16.5. The van der Waals surface area contributed by atoms with Crippen LogP contribution in [0.5, 0.6) is 0 Å². The highest BCUT2D eigenvalue weighted by Crippen LogP contribution is 2.27. The van der Waals surface area contributed by atoms with Crippen LogP contribution in [0.1, 0.15) is 43.6 Å². The van der Waals surface area contributed by atoms with Crippen LogP contribution in [0.15, 0.2) is 41.1 Å². The summed E-state index contributed by atoms with van der Waals surface area (Å²) in [5, 5.41) is 7.19. The number of nitrogens with zero attached hydrogens (tertiary/aromatic N) is 5. The molecule has 0 radical (unpaired) electrons. The van der Waals surface area contributed by atoms with Crippen molar-refractivity contribution < 1.29 is 4.52 Å². The lowest BCUT2D eigenvalue weighted by molar-refractivity contribution is 0.366. The Bertz CT molecular complexity index is 889. The van der Waals surface area contributed by atoms with Gasteiger partial charge in [0.25, 0.3) is 0 Å². The summed E-state index contributed by atoms with van der Waals surface area (Å²) in [4.78, 5) is 15.6. The molecule has 1 aromatic carbocycles. The van der Waals surface area contributed by atoms with Gasteiger partial charge < -0.3 is 14.7 Å². The van der Waals surface area contributed by atoms with Crippen LogP contribution in [-0.2, 0) is 25.0 Å². The SMILES string of the molecule is CC(C)(C)c1noc(CNc2nccc(N3Cc4ccccc4C3)n2)n1. The van der Waals surface area contributed by atoms with Gasteiger partial charge in [0, 0.05) is 24.7 Å². The average molecular weight is 350 g/mol. The van der Waals surface area contributed by atoms with Gasteiger partial charge >= 0.3 is 0 Å². The van der Waals surface area contributed by atoms with Gasteiger partial charge in [-0.15, -0.1) is 0 Å². The van der Waals surface area contributed by atoms with E-state index in [-0.39, 0.29) is 5.41 Å². The monoisotopic (exact) mass is 350 g/mol. The third-order valence-electron chi connectivity index (χ3n) is 4.34. The van der Waals surface area contributed by atoms with Gasteiger partial charge in [0.2, 0.25) is 11.8 Å². The van der Waals surface area contributed by atoms with Gasteiger partial charge in [-0.2, -0.15) is 9.97 Å². The van der Waals surface area contributed by atoms with Crippen LogP contribution in [0, 0.1) is 0 Å². The third kappa shape index (κ3) is 3.37. The fraction of sp³-hybridized carbons (Fsp3) is 0.368. The first kappa shape index (κ1) is 16.5. The van der Waals surface area contributed by atoms with Crippen molar-refractivity contribution in [3.8, 4) is 0 Å². The summed E-state index contributed by atoms with van der Waals surface area (Å²) < 4.78 is 5.30. The molecule has 1 aliphatic heterocycles. The molecule has 26 heavy (non-hydrogen) atoms. The van der Waals surface area contributed by atoms with Crippen molar-refractivity contribution in [1.29, 1.82) is 0 Å². The molecule has 1 N–H and O–H groups in total. The van der Waals surface area contributed by atoms with Crippen molar-refractivity contribution >= 4 is 11.8 Å². The lowest BCUT2D eigenvalue weighted by atomic mass is 9.96. The predicted molar refractivity (Wildman–Crippen MR) is 98.7 cm³/mol. The predicted octanol–water partition coefficient (Wildman–Crippen LogP) is 3.29. The summed E-state index contributed by atoms with van der Waals surface area (Å²) in [7, 11) is 0. The molecule has 0 bridgehead atoms. The normalized spacial score (nSPS) is 13.7. The van der Waals surface area contributed by atoms with Crippen molar-refractivity contribution in [3.63, 3.8) is 0 Å². The molecule has 7 heteroatoms. The molecular weight excluding hydrogens is 328 g/mol. The van der Waals surface area contributed by atoms with Crippen LogP contribution in [-0.4, -0.2) is 20.1 Å². The fourth-order valence-corrected chi connectivity index (χ4v) is 2.89. The second kappa shape index (κ2) is 6.40. The molecule has 1 aliphatic rings. The highest BCUT2D eigenvalue weighted by molar-refractivity contribution is 5.48. The zero-order chi connectivity index (χ0) is 18.1. The van der Waals surface area contributed by atoms with E-state index in [1.54, 1.807) is 6.20 Å². The Balaban J connectivity index is 1.43. The van der Waals surface area contributed by atoms with E-state index in [0.29, 0.717) is 24.2 Å². The molecule has 3 heterocycles. The van der Waals surface area contributed by atoms with E-state index in [1.165, 1.54) is 11.1 Å². The zero-order valence-electron chi connectivity index (χ0n) is 15.2. The first-order valence-corrected chi connectivity index (χ1v) is 8.71. The maximum Gasteiger partial charge on any atom is 0.246 e.